The van der Waals surface area contributed by atoms with Gasteiger partial charge in [0.15, 0.2) is 0 Å². The molecule has 0 radical (unpaired) electrons. The molecule has 7 nitrogen and oxygen atoms in total. The van der Waals surface area contributed by atoms with Crippen molar-refractivity contribution >= 4 is 11.9 Å². The van der Waals surface area contributed by atoms with Gasteiger partial charge in [-0.2, -0.15) is 4.98 Å². The summed E-state index contributed by atoms with van der Waals surface area (Å²) in [4.78, 5) is 17.4. The molecule has 2 heterocycles. The van der Waals surface area contributed by atoms with Crippen molar-refractivity contribution in [3.8, 4) is 0 Å². The SMILES string of the molecule is Nc1n[nH]c(C(=O)N2CCCCC2CO)n1. The summed E-state index contributed by atoms with van der Waals surface area (Å²) in [5, 5.41) is 15.3. The number of carbonyl (C=O) groups excluding carboxylic acids is 1. The molecule has 2 rings (SSSR count). The first-order valence-corrected chi connectivity index (χ1v) is 5.32. The number of rotatable bonds is 2. The third-order valence-corrected chi connectivity index (χ3v) is 2.80. The number of aromatic amines is 1. The van der Waals surface area contributed by atoms with Gasteiger partial charge >= 0.3 is 0 Å². The van der Waals surface area contributed by atoms with Crippen LogP contribution in [0.4, 0.5) is 5.95 Å². The fourth-order valence-corrected chi connectivity index (χ4v) is 1.96. The van der Waals surface area contributed by atoms with Crippen LogP contribution in [0.2, 0.25) is 0 Å². The van der Waals surface area contributed by atoms with Gasteiger partial charge in [-0.1, -0.05) is 0 Å². The second-order valence-corrected chi connectivity index (χ2v) is 3.87. The van der Waals surface area contributed by atoms with Crippen LogP contribution >= 0.6 is 0 Å². The second-order valence-electron chi connectivity index (χ2n) is 3.87. The molecule has 88 valence electrons. The molecule has 4 N–H and O–H groups in total. The van der Waals surface area contributed by atoms with Crippen molar-refractivity contribution in [2.24, 2.45) is 0 Å². The summed E-state index contributed by atoms with van der Waals surface area (Å²) in [5.74, 6) is -0.0540. The zero-order valence-electron chi connectivity index (χ0n) is 8.89. The molecule has 1 amide bonds. The van der Waals surface area contributed by atoms with E-state index in [-0.39, 0.29) is 30.3 Å². The number of piperidine rings is 1. The number of hydrogen-bond donors (Lipinski definition) is 3. The quantitative estimate of drug-likeness (QED) is 0.621. The van der Waals surface area contributed by atoms with Crippen LogP contribution in [-0.2, 0) is 0 Å². The Hall–Kier alpha value is -1.63. The predicted molar refractivity (Wildman–Crippen MR) is 56.6 cm³/mol. The maximum Gasteiger partial charge on any atom is 0.291 e. The van der Waals surface area contributed by atoms with Gasteiger partial charge in [0.1, 0.15) is 0 Å². The van der Waals surface area contributed by atoms with Gasteiger partial charge in [0, 0.05) is 6.54 Å². The molecule has 0 saturated carbocycles. The number of nitrogens with zero attached hydrogens (tertiary/aromatic N) is 3. The van der Waals surface area contributed by atoms with E-state index in [4.69, 9.17) is 5.73 Å². The van der Waals surface area contributed by atoms with E-state index >= 15 is 0 Å². The largest absolute Gasteiger partial charge is 0.394 e. The number of amides is 1. The van der Waals surface area contributed by atoms with Crippen molar-refractivity contribution in [3.63, 3.8) is 0 Å². The number of likely N-dealkylation sites (tertiary alicyclic amines) is 1. The number of nitrogens with one attached hydrogen (secondary N) is 1. The molecule has 0 aliphatic carbocycles. The van der Waals surface area contributed by atoms with Crippen molar-refractivity contribution in [1.82, 2.24) is 20.1 Å². The van der Waals surface area contributed by atoms with Gasteiger partial charge in [-0.25, -0.2) is 0 Å². The van der Waals surface area contributed by atoms with E-state index in [1.165, 1.54) is 0 Å². The molecule has 0 spiro atoms. The Balaban J connectivity index is 2.13. The van der Waals surface area contributed by atoms with Crippen LogP contribution in [0.5, 0.6) is 0 Å². The van der Waals surface area contributed by atoms with Crippen molar-refractivity contribution < 1.29 is 9.90 Å². The van der Waals surface area contributed by atoms with Crippen LogP contribution in [-0.4, -0.2) is 50.3 Å². The third-order valence-electron chi connectivity index (χ3n) is 2.80. The Bertz CT molecular complexity index is 378. The van der Waals surface area contributed by atoms with Gasteiger partial charge in [0.05, 0.1) is 12.6 Å². The third kappa shape index (κ3) is 1.99. The minimum atomic E-state index is -0.247. The number of H-pyrrole nitrogens is 1. The number of carbonyl (C=O) groups is 1. The zero-order valence-corrected chi connectivity index (χ0v) is 8.89. The maximum atomic E-state index is 12.0. The van der Waals surface area contributed by atoms with Gasteiger partial charge < -0.3 is 15.7 Å². The zero-order chi connectivity index (χ0) is 11.5. The average molecular weight is 225 g/mol. The van der Waals surface area contributed by atoms with Crippen molar-refractivity contribution in [2.75, 3.05) is 18.9 Å². The Morgan fingerprint density at radius 1 is 1.62 bits per heavy atom. The van der Waals surface area contributed by atoms with E-state index in [1.54, 1.807) is 4.90 Å². The number of anilines is 1. The molecule has 0 bridgehead atoms. The van der Waals surface area contributed by atoms with Crippen LogP contribution in [0.15, 0.2) is 0 Å². The van der Waals surface area contributed by atoms with Crippen molar-refractivity contribution in [2.45, 2.75) is 25.3 Å². The fourth-order valence-electron chi connectivity index (χ4n) is 1.96. The summed E-state index contributed by atoms with van der Waals surface area (Å²) in [6.45, 7) is 0.625. The minimum absolute atomic E-state index is 0.0185. The second kappa shape index (κ2) is 4.48. The molecule has 1 saturated heterocycles. The minimum Gasteiger partial charge on any atom is -0.394 e. The summed E-state index contributed by atoms with van der Waals surface area (Å²) < 4.78 is 0. The number of aromatic nitrogens is 3. The highest BCUT2D eigenvalue weighted by Gasteiger charge is 2.28. The first-order chi connectivity index (χ1) is 7.72. The van der Waals surface area contributed by atoms with E-state index in [1.807, 2.05) is 0 Å². The number of nitrogens with two attached hydrogens (primary N) is 1. The molecule has 1 aromatic heterocycles. The number of nitrogen functional groups attached to an aromatic ring is 1. The van der Waals surface area contributed by atoms with Crippen molar-refractivity contribution in [1.29, 1.82) is 0 Å². The number of aliphatic hydroxyl groups is 1. The van der Waals surface area contributed by atoms with Gasteiger partial charge in [-0.15, -0.1) is 5.10 Å². The highest BCUT2D eigenvalue weighted by Crippen LogP contribution is 2.18. The van der Waals surface area contributed by atoms with Crippen LogP contribution in [0, 0.1) is 0 Å². The lowest BCUT2D eigenvalue weighted by atomic mass is 10.0. The lowest BCUT2D eigenvalue weighted by Gasteiger charge is -2.33. The maximum absolute atomic E-state index is 12.0. The van der Waals surface area contributed by atoms with E-state index in [0.717, 1.165) is 19.3 Å². The predicted octanol–water partition coefficient (Wildman–Crippen LogP) is -0.626. The fraction of sp³-hybridized carbons (Fsp3) is 0.667. The first-order valence-electron chi connectivity index (χ1n) is 5.32. The lowest BCUT2D eigenvalue weighted by molar-refractivity contribution is 0.0491. The van der Waals surface area contributed by atoms with E-state index in [0.29, 0.717) is 6.54 Å². The van der Waals surface area contributed by atoms with Gasteiger partial charge in [-0.05, 0) is 19.3 Å². The Kier molecular flexibility index (Phi) is 3.04. The van der Waals surface area contributed by atoms with Gasteiger partial charge in [-0.3, -0.25) is 9.89 Å². The molecular weight excluding hydrogens is 210 g/mol. The molecule has 7 heteroatoms. The molecule has 1 atom stereocenters. The molecule has 1 unspecified atom stereocenters. The average Bonchev–Trinajstić information content (AvgIpc) is 2.75. The molecule has 16 heavy (non-hydrogen) atoms. The normalized spacial score (nSPS) is 21.1. The molecule has 1 fully saturated rings. The smallest absolute Gasteiger partial charge is 0.291 e. The van der Waals surface area contributed by atoms with Crippen LogP contribution in [0.1, 0.15) is 29.9 Å². The van der Waals surface area contributed by atoms with Crippen LogP contribution in [0.3, 0.4) is 0 Å². The number of aliphatic hydroxyl groups excluding tert-OH is 1. The Morgan fingerprint density at radius 3 is 3.06 bits per heavy atom. The van der Waals surface area contributed by atoms with Crippen molar-refractivity contribution in [3.05, 3.63) is 5.82 Å². The summed E-state index contributed by atoms with van der Waals surface area (Å²) in [6, 6.07) is -0.118. The van der Waals surface area contributed by atoms with Crippen LogP contribution < -0.4 is 5.73 Å². The highest BCUT2D eigenvalue weighted by molar-refractivity contribution is 5.91. The lowest BCUT2D eigenvalue weighted by Crippen LogP contribution is -2.46. The van der Waals surface area contributed by atoms with E-state index in [2.05, 4.69) is 15.2 Å². The standard InChI is InChI=1S/C9H15N5O2/c10-9-11-7(12-13-9)8(16)14-4-2-1-3-6(14)5-15/h6,15H,1-5H2,(H3,10,11,12,13). The topological polar surface area (TPSA) is 108 Å². The number of hydrogen-bond acceptors (Lipinski definition) is 5. The first kappa shape index (κ1) is 10.9. The Labute approximate surface area is 92.7 Å². The summed E-state index contributed by atoms with van der Waals surface area (Å²) in [7, 11) is 0. The highest BCUT2D eigenvalue weighted by atomic mass is 16.3. The van der Waals surface area contributed by atoms with Crippen LogP contribution in [0.25, 0.3) is 0 Å². The monoisotopic (exact) mass is 225 g/mol. The molecule has 1 aromatic rings. The van der Waals surface area contributed by atoms with Gasteiger partial charge in [0.2, 0.25) is 11.8 Å². The van der Waals surface area contributed by atoms with E-state index < -0.39 is 0 Å². The Morgan fingerprint density at radius 2 is 2.44 bits per heavy atom. The summed E-state index contributed by atoms with van der Waals surface area (Å²) >= 11 is 0. The van der Waals surface area contributed by atoms with E-state index in [9.17, 15) is 9.90 Å². The summed E-state index contributed by atoms with van der Waals surface area (Å²) in [5.41, 5.74) is 5.34. The molecule has 0 aromatic carbocycles. The molecule has 1 aliphatic rings. The molecular formula is C9H15N5O2. The summed E-state index contributed by atoms with van der Waals surface area (Å²) in [6.07, 6.45) is 2.81. The van der Waals surface area contributed by atoms with Gasteiger partial charge in [0.25, 0.3) is 5.91 Å². The molecule has 1 aliphatic heterocycles.